The Labute approximate surface area is 132 Å². The van der Waals surface area contributed by atoms with E-state index >= 15 is 0 Å². The molecule has 1 aliphatic heterocycles. The van der Waals surface area contributed by atoms with Gasteiger partial charge >= 0.3 is 0 Å². The molecule has 1 N–H and O–H groups in total. The Morgan fingerprint density at radius 3 is 2.48 bits per heavy atom. The quantitative estimate of drug-likeness (QED) is 0.858. The van der Waals surface area contributed by atoms with Crippen molar-refractivity contribution in [2.75, 3.05) is 39.3 Å². The van der Waals surface area contributed by atoms with Gasteiger partial charge in [-0.3, -0.25) is 0 Å². The predicted octanol–water partition coefficient (Wildman–Crippen LogP) is 1.49. The van der Waals surface area contributed by atoms with Crippen LogP contribution in [0.15, 0.2) is 10.3 Å². The van der Waals surface area contributed by atoms with Gasteiger partial charge in [0.25, 0.3) is 0 Å². The van der Waals surface area contributed by atoms with Crippen molar-refractivity contribution in [2.24, 2.45) is 0 Å². The lowest BCUT2D eigenvalue weighted by atomic mass is 10.3. The Morgan fingerprint density at radius 2 is 1.90 bits per heavy atom. The van der Waals surface area contributed by atoms with Crippen LogP contribution in [0.2, 0.25) is 0 Å². The third-order valence-corrected chi connectivity index (χ3v) is 7.26. The zero-order chi connectivity index (χ0) is 15.5. The van der Waals surface area contributed by atoms with Gasteiger partial charge in [0.1, 0.15) is 4.90 Å². The molecule has 0 unspecified atom stereocenters. The van der Waals surface area contributed by atoms with Crippen LogP contribution in [-0.4, -0.2) is 56.9 Å². The minimum atomic E-state index is -3.37. The third kappa shape index (κ3) is 3.65. The molecule has 1 aromatic rings. The van der Waals surface area contributed by atoms with Crippen LogP contribution in [0.3, 0.4) is 0 Å². The number of likely N-dealkylation sites (N-methyl/N-ethyl adjacent to an activating group) is 1. The van der Waals surface area contributed by atoms with Crippen molar-refractivity contribution in [3.05, 3.63) is 15.8 Å². The van der Waals surface area contributed by atoms with E-state index in [-0.39, 0.29) is 0 Å². The third-order valence-electron chi connectivity index (χ3n) is 3.90. The average Bonchev–Trinajstić information content (AvgIpc) is 2.86. The van der Waals surface area contributed by atoms with Crippen LogP contribution in [0, 0.1) is 6.92 Å². The first-order valence-electron chi connectivity index (χ1n) is 7.50. The van der Waals surface area contributed by atoms with Crippen LogP contribution in [0.4, 0.5) is 0 Å². The number of hydrogen-bond donors (Lipinski definition) is 1. The van der Waals surface area contributed by atoms with E-state index in [1.54, 1.807) is 4.31 Å². The molecule has 2 rings (SSSR count). The molecule has 0 bridgehead atoms. The van der Waals surface area contributed by atoms with Crippen LogP contribution >= 0.6 is 11.3 Å². The van der Waals surface area contributed by atoms with Gasteiger partial charge in [0.2, 0.25) is 10.0 Å². The number of piperazine rings is 1. The summed E-state index contributed by atoms with van der Waals surface area (Å²) in [5.41, 5.74) is 0.867. The van der Waals surface area contributed by atoms with E-state index in [2.05, 4.69) is 17.1 Å². The Kier molecular flexibility index (Phi) is 5.79. The summed E-state index contributed by atoms with van der Waals surface area (Å²) in [6, 6.07) is 0. The highest BCUT2D eigenvalue weighted by Gasteiger charge is 2.31. The van der Waals surface area contributed by atoms with Gasteiger partial charge in [-0.2, -0.15) is 4.31 Å². The molecule has 0 spiro atoms. The number of nitrogens with one attached hydrogen (secondary N) is 1. The number of thiophene rings is 1. The molecular formula is C14H25N3O2S2. The molecule has 5 nitrogen and oxygen atoms in total. The van der Waals surface area contributed by atoms with Gasteiger partial charge in [-0.25, -0.2) is 8.42 Å². The maximum absolute atomic E-state index is 12.9. The minimum Gasteiger partial charge on any atom is -0.312 e. The molecule has 0 radical (unpaired) electrons. The van der Waals surface area contributed by atoms with E-state index in [0.29, 0.717) is 24.5 Å². The second kappa shape index (κ2) is 7.19. The summed E-state index contributed by atoms with van der Waals surface area (Å²) in [5, 5.41) is 5.17. The molecule has 1 aliphatic rings. The highest BCUT2D eigenvalue weighted by atomic mass is 32.2. The molecule has 120 valence electrons. The largest absolute Gasteiger partial charge is 0.312 e. The standard InChI is InChI=1S/C14H25N3O2S2/c1-4-15-10-13-14(12(3)11-20-13)21(18,19)17-8-6-16(5-2)7-9-17/h11,15H,4-10H2,1-3H3. The van der Waals surface area contributed by atoms with Crippen LogP contribution in [0.25, 0.3) is 0 Å². The Morgan fingerprint density at radius 1 is 1.24 bits per heavy atom. The molecule has 21 heavy (non-hydrogen) atoms. The molecule has 2 heterocycles. The zero-order valence-corrected chi connectivity index (χ0v) is 14.7. The SMILES string of the molecule is CCNCc1scc(C)c1S(=O)(=O)N1CCN(CC)CC1. The number of aryl methyl sites for hydroxylation is 1. The van der Waals surface area contributed by atoms with Crippen molar-refractivity contribution in [1.29, 1.82) is 0 Å². The molecule has 1 aromatic heterocycles. The summed E-state index contributed by atoms with van der Waals surface area (Å²) in [6.45, 7) is 11.3. The summed E-state index contributed by atoms with van der Waals surface area (Å²) >= 11 is 1.53. The van der Waals surface area contributed by atoms with Crippen LogP contribution < -0.4 is 5.32 Å². The molecule has 0 aromatic carbocycles. The topological polar surface area (TPSA) is 52.7 Å². The molecule has 1 saturated heterocycles. The van der Waals surface area contributed by atoms with Crippen molar-refractivity contribution < 1.29 is 8.42 Å². The van der Waals surface area contributed by atoms with E-state index in [1.165, 1.54) is 11.3 Å². The number of nitrogens with zero attached hydrogens (tertiary/aromatic N) is 2. The van der Waals surface area contributed by atoms with Gasteiger partial charge in [0.15, 0.2) is 0 Å². The molecule has 0 atom stereocenters. The van der Waals surface area contributed by atoms with Crippen LogP contribution in [0.5, 0.6) is 0 Å². The van der Waals surface area contributed by atoms with E-state index in [1.807, 2.05) is 19.2 Å². The minimum absolute atomic E-state index is 0.526. The first-order chi connectivity index (χ1) is 10.0. The van der Waals surface area contributed by atoms with Crippen molar-refractivity contribution in [2.45, 2.75) is 32.2 Å². The highest BCUT2D eigenvalue weighted by Crippen LogP contribution is 2.30. The Balaban J connectivity index is 2.22. The average molecular weight is 332 g/mol. The van der Waals surface area contributed by atoms with Crippen molar-refractivity contribution in [3.63, 3.8) is 0 Å². The predicted molar refractivity (Wildman–Crippen MR) is 87.3 cm³/mol. The monoisotopic (exact) mass is 331 g/mol. The van der Waals surface area contributed by atoms with Crippen molar-refractivity contribution >= 4 is 21.4 Å². The smallest absolute Gasteiger partial charge is 0.244 e. The van der Waals surface area contributed by atoms with E-state index < -0.39 is 10.0 Å². The summed E-state index contributed by atoms with van der Waals surface area (Å²) in [7, 11) is -3.37. The van der Waals surface area contributed by atoms with Crippen LogP contribution in [-0.2, 0) is 16.6 Å². The Hall–Kier alpha value is -0.470. The van der Waals surface area contributed by atoms with Gasteiger partial charge in [0.05, 0.1) is 0 Å². The lowest BCUT2D eigenvalue weighted by Crippen LogP contribution is -2.48. The number of rotatable bonds is 6. The van der Waals surface area contributed by atoms with Gasteiger partial charge in [-0.15, -0.1) is 11.3 Å². The summed E-state index contributed by atoms with van der Waals surface area (Å²) < 4.78 is 27.5. The Bertz CT molecular complexity index is 561. The fourth-order valence-corrected chi connectivity index (χ4v) is 5.76. The molecule has 0 saturated carbocycles. The first kappa shape index (κ1) is 16.9. The van der Waals surface area contributed by atoms with Gasteiger partial charge in [-0.05, 0) is 31.0 Å². The van der Waals surface area contributed by atoms with Crippen molar-refractivity contribution in [1.82, 2.24) is 14.5 Å². The normalized spacial score (nSPS) is 18.2. The molecule has 1 fully saturated rings. The molecule has 0 amide bonds. The number of sulfonamides is 1. The second-order valence-corrected chi connectivity index (χ2v) is 8.13. The summed E-state index contributed by atoms with van der Waals surface area (Å²) in [4.78, 5) is 3.73. The first-order valence-corrected chi connectivity index (χ1v) is 9.82. The van der Waals surface area contributed by atoms with Crippen LogP contribution in [0.1, 0.15) is 24.3 Å². The lowest BCUT2D eigenvalue weighted by Gasteiger charge is -2.33. The lowest BCUT2D eigenvalue weighted by molar-refractivity contribution is 0.196. The summed E-state index contributed by atoms with van der Waals surface area (Å²) in [5.74, 6) is 0. The van der Waals surface area contributed by atoms with Gasteiger partial charge in [-0.1, -0.05) is 13.8 Å². The molecule has 0 aliphatic carbocycles. The molecule has 7 heteroatoms. The van der Waals surface area contributed by atoms with Gasteiger partial charge in [0, 0.05) is 37.6 Å². The zero-order valence-electron chi connectivity index (χ0n) is 13.1. The maximum Gasteiger partial charge on any atom is 0.244 e. The van der Waals surface area contributed by atoms with E-state index in [0.717, 1.165) is 36.6 Å². The van der Waals surface area contributed by atoms with E-state index in [4.69, 9.17) is 0 Å². The molecular weight excluding hydrogens is 306 g/mol. The fourth-order valence-electron chi connectivity index (χ4n) is 2.61. The number of hydrogen-bond acceptors (Lipinski definition) is 5. The van der Waals surface area contributed by atoms with E-state index in [9.17, 15) is 8.42 Å². The highest BCUT2D eigenvalue weighted by molar-refractivity contribution is 7.89. The fraction of sp³-hybridized carbons (Fsp3) is 0.714. The second-order valence-electron chi connectivity index (χ2n) is 5.29. The summed E-state index contributed by atoms with van der Waals surface area (Å²) in [6.07, 6.45) is 0. The van der Waals surface area contributed by atoms with Gasteiger partial charge < -0.3 is 10.2 Å². The maximum atomic E-state index is 12.9. The van der Waals surface area contributed by atoms with Crippen molar-refractivity contribution in [3.8, 4) is 0 Å².